The van der Waals surface area contributed by atoms with Crippen molar-refractivity contribution in [1.29, 1.82) is 0 Å². The van der Waals surface area contributed by atoms with E-state index >= 15 is 0 Å². The van der Waals surface area contributed by atoms with E-state index in [2.05, 4.69) is 10.3 Å². The minimum atomic E-state index is -3.56. The normalized spacial score (nSPS) is 15.0. The van der Waals surface area contributed by atoms with E-state index in [4.69, 9.17) is 0 Å². The quantitative estimate of drug-likeness (QED) is 0.710. The lowest BCUT2D eigenvalue weighted by molar-refractivity contribution is 0.102. The first-order valence-corrected chi connectivity index (χ1v) is 10.7. The summed E-state index contributed by atoms with van der Waals surface area (Å²) in [6.45, 7) is 3.63. The summed E-state index contributed by atoms with van der Waals surface area (Å²) in [4.78, 5) is 17.8. The molecular weight excluding hydrogens is 398 g/mol. The molecule has 0 spiro atoms. The number of benzene rings is 1. The molecule has 2 aromatic heterocycles. The number of amides is 1. The van der Waals surface area contributed by atoms with Crippen LogP contribution >= 0.6 is 11.3 Å². The zero-order valence-electron chi connectivity index (χ0n) is 15.8. The Kier molecular flexibility index (Phi) is 4.20. The van der Waals surface area contributed by atoms with E-state index in [0.29, 0.717) is 32.8 Å². The summed E-state index contributed by atoms with van der Waals surface area (Å²) in [5.74, 6) is -0.270. The number of thiazole rings is 1. The summed E-state index contributed by atoms with van der Waals surface area (Å²) in [7, 11) is -0.554. The van der Waals surface area contributed by atoms with Crippen molar-refractivity contribution >= 4 is 44.5 Å². The van der Waals surface area contributed by atoms with E-state index in [1.54, 1.807) is 19.1 Å². The average molecular weight is 418 g/mol. The van der Waals surface area contributed by atoms with Gasteiger partial charge in [-0.05, 0) is 43.7 Å². The maximum Gasteiger partial charge on any atom is 0.326 e. The number of carbonyl (C=O) groups excluding carboxylic acids is 1. The molecule has 0 saturated carbocycles. The number of aromatic nitrogens is 2. The molecule has 0 saturated heterocycles. The van der Waals surface area contributed by atoms with Gasteiger partial charge in [-0.2, -0.15) is 8.42 Å². The van der Waals surface area contributed by atoms with Gasteiger partial charge >= 0.3 is 10.2 Å². The molecule has 10 heteroatoms. The predicted octanol–water partition coefficient (Wildman–Crippen LogP) is 2.93. The number of nitrogens with zero attached hydrogens (tertiary/aromatic N) is 4. The van der Waals surface area contributed by atoms with E-state index in [0.717, 1.165) is 5.56 Å². The van der Waals surface area contributed by atoms with Crippen molar-refractivity contribution in [3.63, 3.8) is 0 Å². The largest absolute Gasteiger partial charge is 0.326 e. The van der Waals surface area contributed by atoms with Crippen molar-refractivity contribution in [2.45, 2.75) is 13.8 Å². The van der Waals surface area contributed by atoms with Gasteiger partial charge < -0.3 is 9.88 Å². The molecule has 0 bridgehead atoms. The molecule has 0 atom stereocenters. The van der Waals surface area contributed by atoms with Crippen molar-refractivity contribution in [3.05, 3.63) is 52.8 Å². The van der Waals surface area contributed by atoms with Gasteiger partial charge in [-0.1, -0.05) is 11.3 Å². The molecule has 146 valence electrons. The fraction of sp³-hybridized carbons (Fsp3) is 0.222. The Balaban J connectivity index is 1.66. The van der Waals surface area contributed by atoms with Crippen LogP contribution in [0.5, 0.6) is 0 Å². The maximum absolute atomic E-state index is 12.9. The van der Waals surface area contributed by atoms with Crippen LogP contribution in [0.25, 0.3) is 5.13 Å². The number of hydrogen-bond acceptors (Lipinski definition) is 5. The van der Waals surface area contributed by atoms with Gasteiger partial charge in [0.2, 0.25) is 0 Å². The molecule has 4 rings (SSSR count). The van der Waals surface area contributed by atoms with Crippen molar-refractivity contribution < 1.29 is 13.2 Å². The minimum Gasteiger partial charge on any atom is -0.321 e. The second kappa shape index (κ2) is 6.35. The molecule has 28 heavy (non-hydrogen) atoms. The Bertz CT molecular complexity index is 1180. The zero-order chi connectivity index (χ0) is 20.2. The highest BCUT2D eigenvalue weighted by Gasteiger charge is 2.36. The summed E-state index contributed by atoms with van der Waals surface area (Å²) in [6.07, 6.45) is 3.74. The highest BCUT2D eigenvalue weighted by atomic mass is 32.2. The van der Waals surface area contributed by atoms with Crippen LogP contribution in [0, 0.1) is 13.8 Å². The van der Waals surface area contributed by atoms with Crippen LogP contribution < -0.4 is 13.9 Å². The lowest BCUT2D eigenvalue weighted by Crippen LogP contribution is -2.32. The number of nitrogens with one attached hydrogen (secondary N) is 1. The third-order valence-electron chi connectivity index (χ3n) is 4.76. The Labute approximate surface area is 167 Å². The monoisotopic (exact) mass is 417 g/mol. The third kappa shape index (κ3) is 2.76. The second-order valence-electron chi connectivity index (χ2n) is 6.55. The predicted molar refractivity (Wildman–Crippen MR) is 111 cm³/mol. The number of hydrogen-bond donors (Lipinski definition) is 1. The second-order valence-corrected chi connectivity index (χ2v) is 9.52. The molecule has 1 aromatic carbocycles. The van der Waals surface area contributed by atoms with Crippen molar-refractivity contribution in [1.82, 2.24) is 9.55 Å². The Hall–Kier alpha value is -2.85. The first-order chi connectivity index (χ1) is 13.2. The molecule has 8 nitrogen and oxygen atoms in total. The number of carbonyl (C=O) groups is 1. The summed E-state index contributed by atoms with van der Waals surface area (Å²) in [5.41, 5.74) is 3.09. The van der Waals surface area contributed by atoms with E-state index in [9.17, 15) is 13.2 Å². The summed E-state index contributed by atoms with van der Waals surface area (Å²) < 4.78 is 29.0. The molecular formula is C18H19N5O3S2. The van der Waals surface area contributed by atoms with Crippen molar-refractivity contribution in [3.8, 4) is 5.13 Å². The molecule has 1 amide bonds. The zero-order valence-corrected chi connectivity index (χ0v) is 17.4. The Morgan fingerprint density at radius 1 is 1.07 bits per heavy atom. The fourth-order valence-corrected chi connectivity index (χ4v) is 5.18. The van der Waals surface area contributed by atoms with E-state index in [1.165, 1.54) is 34.0 Å². The van der Waals surface area contributed by atoms with Crippen LogP contribution in [0.4, 0.5) is 17.1 Å². The van der Waals surface area contributed by atoms with Gasteiger partial charge in [0.05, 0.1) is 17.1 Å². The van der Waals surface area contributed by atoms with Gasteiger partial charge in [-0.3, -0.25) is 13.4 Å². The molecule has 3 heterocycles. The summed E-state index contributed by atoms with van der Waals surface area (Å²) in [5, 5.41) is 3.61. The minimum absolute atomic E-state index is 0.270. The number of fused-ring (bicyclic) bond motifs is 1. The van der Waals surface area contributed by atoms with Gasteiger partial charge in [0.25, 0.3) is 5.91 Å². The average Bonchev–Trinajstić information content (AvgIpc) is 3.33. The highest BCUT2D eigenvalue weighted by Crippen LogP contribution is 2.42. The Morgan fingerprint density at radius 2 is 1.68 bits per heavy atom. The Morgan fingerprint density at radius 3 is 2.32 bits per heavy atom. The lowest BCUT2D eigenvalue weighted by Gasteiger charge is -2.13. The van der Waals surface area contributed by atoms with Crippen LogP contribution in [-0.2, 0) is 10.2 Å². The van der Waals surface area contributed by atoms with Crippen LogP contribution in [0.2, 0.25) is 0 Å². The summed E-state index contributed by atoms with van der Waals surface area (Å²) >= 11 is 1.30. The lowest BCUT2D eigenvalue weighted by atomic mass is 10.1. The molecule has 0 aliphatic carbocycles. The van der Waals surface area contributed by atoms with E-state index in [-0.39, 0.29) is 5.91 Å². The smallest absolute Gasteiger partial charge is 0.321 e. The first kappa shape index (κ1) is 18.5. The van der Waals surface area contributed by atoms with Crippen LogP contribution in [0.15, 0.2) is 36.7 Å². The molecule has 0 fully saturated rings. The molecule has 1 aliphatic heterocycles. The maximum atomic E-state index is 12.9. The topological polar surface area (TPSA) is 87.5 Å². The number of rotatable bonds is 3. The van der Waals surface area contributed by atoms with Gasteiger partial charge in [0.1, 0.15) is 4.88 Å². The van der Waals surface area contributed by atoms with E-state index < -0.39 is 10.2 Å². The molecule has 0 unspecified atom stereocenters. The molecule has 1 aliphatic rings. The number of anilines is 3. The first-order valence-electron chi connectivity index (χ1n) is 8.49. The highest BCUT2D eigenvalue weighted by molar-refractivity contribution is 7.94. The van der Waals surface area contributed by atoms with Crippen LogP contribution in [-0.4, -0.2) is 38.0 Å². The van der Waals surface area contributed by atoms with Gasteiger partial charge in [-0.15, -0.1) is 0 Å². The SMILES string of the molecule is Cc1cc2c(cc1NC(=O)c1sc(-n3cccc3)nc1C)N(C)S(=O)(=O)N2C. The van der Waals surface area contributed by atoms with Gasteiger partial charge in [0.15, 0.2) is 5.13 Å². The standard InChI is InChI=1S/C18H19N5O3S2/c1-11-9-14-15(22(4)28(25,26)21(14)3)10-13(11)20-17(24)16-12(2)19-18(27-16)23-7-5-6-8-23/h5-10H,1-4H3,(H,20,24). The van der Waals surface area contributed by atoms with E-state index in [1.807, 2.05) is 36.0 Å². The fourth-order valence-electron chi connectivity index (χ4n) is 3.10. The molecule has 1 N–H and O–H groups in total. The van der Waals surface area contributed by atoms with Gasteiger partial charge in [-0.25, -0.2) is 4.98 Å². The van der Waals surface area contributed by atoms with Gasteiger partial charge in [0, 0.05) is 32.2 Å². The molecule has 0 radical (unpaired) electrons. The van der Waals surface area contributed by atoms with Crippen molar-refractivity contribution in [2.75, 3.05) is 28.0 Å². The van der Waals surface area contributed by atoms with Crippen molar-refractivity contribution in [2.24, 2.45) is 0 Å². The summed E-state index contributed by atoms with van der Waals surface area (Å²) in [6, 6.07) is 7.24. The number of aryl methyl sites for hydroxylation is 2. The third-order valence-corrected chi connectivity index (χ3v) is 7.70. The van der Waals surface area contributed by atoms with Crippen LogP contribution in [0.1, 0.15) is 20.9 Å². The van der Waals surface area contributed by atoms with Crippen LogP contribution in [0.3, 0.4) is 0 Å². The molecule has 3 aromatic rings.